The molecule has 116 valence electrons. The molecule has 0 aromatic heterocycles. The minimum atomic E-state index is -1.68. The van der Waals surface area contributed by atoms with Crippen LogP contribution in [0.4, 0.5) is 0 Å². The van der Waals surface area contributed by atoms with E-state index in [9.17, 15) is 19.5 Å². The fourth-order valence-corrected chi connectivity index (χ4v) is 1.74. The fraction of sp³-hybridized carbons (Fsp3) is 0.750. The van der Waals surface area contributed by atoms with Crippen molar-refractivity contribution in [1.29, 1.82) is 0 Å². The van der Waals surface area contributed by atoms with Crippen molar-refractivity contribution in [2.45, 2.75) is 39.3 Å². The van der Waals surface area contributed by atoms with Crippen LogP contribution in [-0.4, -0.2) is 47.2 Å². The van der Waals surface area contributed by atoms with E-state index < -0.39 is 29.9 Å². The van der Waals surface area contributed by atoms with Gasteiger partial charge in [-0.05, 0) is 19.3 Å². The molecule has 20 heavy (non-hydrogen) atoms. The monoisotopic (exact) mass is 289 g/mol. The Bertz CT molecular complexity index is 359. The van der Waals surface area contributed by atoms with E-state index >= 15 is 0 Å². The molecule has 0 saturated heterocycles. The molecule has 0 aliphatic carbocycles. The molecule has 3 amide bonds. The minimum absolute atomic E-state index is 0.0437. The summed E-state index contributed by atoms with van der Waals surface area (Å²) in [6.07, 6.45) is -1.44. The maximum atomic E-state index is 12.1. The molecule has 0 bridgehead atoms. The predicted octanol–water partition coefficient (Wildman–Crippen LogP) is -1.23. The number of carbonyl (C=O) groups excluding carboxylic acids is 3. The first kappa shape index (κ1) is 18.3. The molecule has 0 unspecified atom stereocenters. The van der Waals surface area contributed by atoms with Crippen molar-refractivity contribution in [3.05, 3.63) is 0 Å². The van der Waals surface area contributed by atoms with Gasteiger partial charge in [-0.15, -0.1) is 0 Å². The highest BCUT2D eigenvalue weighted by atomic mass is 16.5. The van der Waals surface area contributed by atoms with Gasteiger partial charge in [-0.2, -0.15) is 0 Å². The summed E-state index contributed by atoms with van der Waals surface area (Å²) in [4.78, 5) is 34.6. The number of aliphatic hydroxyl groups is 1. The second-order valence-electron chi connectivity index (χ2n) is 5.00. The normalized spacial score (nSPS) is 15.2. The molecule has 0 aromatic rings. The Kier molecular flexibility index (Phi) is 7.78. The molecule has 0 rings (SSSR count). The van der Waals surface area contributed by atoms with Gasteiger partial charge < -0.3 is 15.7 Å². The zero-order valence-electron chi connectivity index (χ0n) is 12.1. The number of hydroxylamine groups is 1. The molecule has 3 atom stereocenters. The van der Waals surface area contributed by atoms with Crippen molar-refractivity contribution >= 4 is 17.7 Å². The standard InChI is InChI=1S/C12H23N3O5/c1-6(2)5-8(9(16)12(19)15-20)11(18)14-7(3)10(17)13-4/h6-9,16,20H,5H2,1-4H3,(H,13,17)(H,14,18)(H,15,19)/t7-,8+,9-/m0/s1. The molecule has 0 aliphatic rings. The van der Waals surface area contributed by atoms with Gasteiger partial charge in [0.2, 0.25) is 11.8 Å². The SMILES string of the molecule is CNC(=O)[C@H](C)NC(=O)[C@H](CC(C)C)[C@H](O)C(=O)NO. The first-order valence-electron chi connectivity index (χ1n) is 6.38. The molecule has 8 nitrogen and oxygen atoms in total. The number of rotatable bonds is 7. The summed E-state index contributed by atoms with van der Waals surface area (Å²) >= 11 is 0. The third kappa shape index (κ3) is 5.54. The molecule has 0 aromatic carbocycles. The predicted molar refractivity (Wildman–Crippen MR) is 70.6 cm³/mol. The number of likely N-dealkylation sites (N-methyl/N-ethyl adjacent to an activating group) is 1. The number of hydrogen-bond acceptors (Lipinski definition) is 5. The molecule has 0 radical (unpaired) electrons. The number of aliphatic hydroxyl groups excluding tert-OH is 1. The van der Waals surface area contributed by atoms with Crippen molar-refractivity contribution in [2.75, 3.05) is 7.05 Å². The minimum Gasteiger partial charge on any atom is -0.382 e. The van der Waals surface area contributed by atoms with E-state index in [4.69, 9.17) is 5.21 Å². The molecule has 0 heterocycles. The van der Waals surface area contributed by atoms with Crippen molar-refractivity contribution in [3.8, 4) is 0 Å². The van der Waals surface area contributed by atoms with E-state index in [2.05, 4.69) is 10.6 Å². The summed E-state index contributed by atoms with van der Waals surface area (Å²) in [5, 5.41) is 23.1. The Morgan fingerprint density at radius 3 is 2.00 bits per heavy atom. The molecule has 8 heteroatoms. The molecule has 0 fully saturated rings. The van der Waals surface area contributed by atoms with Gasteiger partial charge in [0.15, 0.2) is 0 Å². The molecule has 5 N–H and O–H groups in total. The maximum absolute atomic E-state index is 12.1. The number of hydrogen-bond donors (Lipinski definition) is 5. The summed E-state index contributed by atoms with van der Waals surface area (Å²) in [7, 11) is 1.44. The van der Waals surface area contributed by atoms with Gasteiger partial charge in [0.05, 0.1) is 5.92 Å². The highest BCUT2D eigenvalue weighted by molar-refractivity contribution is 5.91. The largest absolute Gasteiger partial charge is 0.382 e. The average molecular weight is 289 g/mol. The Hall–Kier alpha value is -1.67. The highest BCUT2D eigenvalue weighted by Crippen LogP contribution is 2.16. The van der Waals surface area contributed by atoms with Crippen LogP contribution in [0.3, 0.4) is 0 Å². The third-order valence-electron chi connectivity index (χ3n) is 2.82. The Morgan fingerprint density at radius 1 is 1.05 bits per heavy atom. The number of carbonyl (C=O) groups is 3. The summed E-state index contributed by atoms with van der Waals surface area (Å²) < 4.78 is 0. The van der Waals surface area contributed by atoms with Crippen molar-refractivity contribution in [3.63, 3.8) is 0 Å². The summed E-state index contributed by atoms with van der Waals surface area (Å²) in [6.45, 7) is 5.14. The molecular formula is C12H23N3O5. The second kappa shape index (κ2) is 8.49. The number of nitrogens with one attached hydrogen (secondary N) is 3. The van der Waals surface area contributed by atoms with Gasteiger partial charge in [-0.1, -0.05) is 13.8 Å². The third-order valence-corrected chi connectivity index (χ3v) is 2.82. The molecule has 0 aliphatic heterocycles. The van der Waals surface area contributed by atoms with Gasteiger partial charge in [-0.25, -0.2) is 5.48 Å². The Balaban J connectivity index is 4.90. The summed E-state index contributed by atoms with van der Waals surface area (Å²) in [5.74, 6) is -3.07. The number of amides is 3. The van der Waals surface area contributed by atoms with E-state index in [1.807, 2.05) is 13.8 Å². The van der Waals surface area contributed by atoms with Crippen LogP contribution in [0.1, 0.15) is 27.2 Å². The van der Waals surface area contributed by atoms with E-state index in [-0.39, 0.29) is 18.2 Å². The van der Waals surface area contributed by atoms with Crippen molar-refractivity contribution in [1.82, 2.24) is 16.1 Å². The maximum Gasteiger partial charge on any atom is 0.272 e. The van der Waals surface area contributed by atoms with E-state index in [1.54, 1.807) is 0 Å². The highest BCUT2D eigenvalue weighted by Gasteiger charge is 2.33. The second-order valence-corrected chi connectivity index (χ2v) is 5.00. The fourth-order valence-electron chi connectivity index (χ4n) is 1.74. The van der Waals surface area contributed by atoms with Crippen LogP contribution in [0, 0.1) is 11.8 Å². The van der Waals surface area contributed by atoms with Crippen LogP contribution in [0.25, 0.3) is 0 Å². The van der Waals surface area contributed by atoms with Crippen LogP contribution in [0.5, 0.6) is 0 Å². The van der Waals surface area contributed by atoms with Gasteiger partial charge >= 0.3 is 0 Å². The summed E-state index contributed by atoms with van der Waals surface area (Å²) in [5.41, 5.74) is 1.31. The van der Waals surface area contributed by atoms with Crippen LogP contribution in [0.2, 0.25) is 0 Å². The van der Waals surface area contributed by atoms with Gasteiger partial charge in [0.25, 0.3) is 5.91 Å². The first-order chi connectivity index (χ1) is 9.24. The molecule has 0 spiro atoms. The Labute approximate surface area is 117 Å². The lowest BCUT2D eigenvalue weighted by molar-refractivity contribution is -0.147. The first-order valence-corrected chi connectivity index (χ1v) is 6.38. The van der Waals surface area contributed by atoms with Gasteiger partial charge in [-0.3, -0.25) is 19.6 Å². The quantitative estimate of drug-likeness (QED) is 0.296. The van der Waals surface area contributed by atoms with E-state index in [0.717, 1.165) is 0 Å². The topological polar surface area (TPSA) is 128 Å². The van der Waals surface area contributed by atoms with Crippen LogP contribution < -0.4 is 16.1 Å². The van der Waals surface area contributed by atoms with Crippen molar-refractivity contribution < 1.29 is 24.7 Å². The van der Waals surface area contributed by atoms with Crippen LogP contribution >= 0.6 is 0 Å². The molecular weight excluding hydrogens is 266 g/mol. The summed E-state index contributed by atoms with van der Waals surface area (Å²) in [6, 6.07) is -0.786. The average Bonchev–Trinajstić information content (AvgIpc) is 2.41. The van der Waals surface area contributed by atoms with Crippen LogP contribution in [-0.2, 0) is 14.4 Å². The van der Waals surface area contributed by atoms with Crippen molar-refractivity contribution in [2.24, 2.45) is 11.8 Å². The van der Waals surface area contributed by atoms with E-state index in [1.165, 1.54) is 19.5 Å². The molecule has 0 saturated carbocycles. The Morgan fingerprint density at radius 2 is 1.60 bits per heavy atom. The lowest BCUT2D eigenvalue weighted by atomic mass is 9.90. The van der Waals surface area contributed by atoms with Crippen LogP contribution in [0.15, 0.2) is 0 Å². The lowest BCUT2D eigenvalue weighted by Gasteiger charge is -2.24. The lowest BCUT2D eigenvalue weighted by Crippen LogP contribution is -2.50. The zero-order valence-corrected chi connectivity index (χ0v) is 12.1. The smallest absolute Gasteiger partial charge is 0.272 e. The van der Waals surface area contributed by atoms with E-state index in [0.29, 0.717) is 0 Å². The van der Waals surface area contributed by atoms with Gasteiger partial charge in [0, 0.05) is 7.05 Å². The van der Waals surface area contributed by atoms with Gasteiger partial charge in [0.1, 0.15) is 12.1 Å². The zero-order chi connectivity index (χ0) is 15.9.